The van der Waals surface area contributed by atoms with Crippen molar-refractivity contribution >= 4 is 29.6 Å². The van der Waals surface area contributed by atoms with Crippen molar-refractivity contribution in [3.05, 3.63) is 42.1 Å². The molecule has 1 aromatic heterocycles. The van der Waals surface area contributed by atoms with Gasteiger partial charge in [0.05, 0.1) is 12.2 Å². The highest BCUT2D eigenvalue weighted by Crippen LogP contribution is 2.28. The first-order valence-electron chi connectivity index (χ1n) is 9.92. The number of nitrogens with one attached hydrogen (secondary N) is 2. The van der Waals surface area contributed by atoms with Gasteiger partial charge in [0.1, 0.15) is 17.9 Å². The highest BCUT2D eigenvalue weighted by molar-refractivity contribution is 6.00. The molecule has 1 aliphatic rings. The third kappa shape index (κ3) is 6.21. The molecule has 1 aliphatic heterocycles. The van der Waals surface area contributed by atoms with Crippen LogP contribution >= 0.6 is 0 Å². The lowest BCUT2D eigenvalue weighted by Gasteiger charge is -2.20. The van der Waals surface area contributed by atoms with Crippen LogP contribution in [0, 0.1) is 0 Å². The predicted octanol–water partition coefficient (Wildman–Crippen LogP) is 2.80. The van der Waals surface area contributed by atoms with Crippen LogP contribution < -0.4 is 15.5 Å². The molecule has 10 nitrogen and oxygen atoms in total. The lowest BCUT2D eigenvalue weighted by atomic mass is 10.2. The van der Waals surface area contributed by atoms with Gasteiger partial charge in [0.25, 0.3) is 0 Å². The molecule has 0 spiro atoms. The number of benzene rings is 1. The Bertz CT molecular complexity index is 951. The molecular weight excluding hydrogens is 402 g/mol. The molecule has 1 saturated heterocycles. The van der Waals surface area contributed by atoms with E-state index in [1.807, 2.05) is 30.3 Å². The van der Waals surface area contributed by atoms with Crippen LogP contribution in [-0.4, -0.2) is 46.1 Å². The summed E-state index contributed by atoms with van der Waals surface area (Å²) in [6.45, 7) is 5.62. The SMILES string of the molecule is Cn1cc(NC(=O)OC(C)(C)C)c(N2C[C@@H](NC(=O)OCc3ccccc3)CC2=O)n1. The van der Waals surface area contributed by atoms with E-state index in [4.69, 9.17) is 9.47 Å². The van der Waals surface area contributed by atoms with Crippen LogP contribution in [0.2, 0.25) is 0 Å². The van der Waals surface area contributed by atoms with Gasteiger partial charge in [-0.15, -0.1) is 0 Å². The van der Waals surface area contributed by atoms with Gasteiger partial charge in [-0.2, -0.15) is 5.10 Å². The normalized spacial score (nSPS) is 16.2. The van der Waals surface area contributed by atoms with Crippen molar-refractivity contribution < 1.29 is 23.9 Å². The summed E-state index contributed by atoms with van der Waals surface area (Å²) in [5.74, 6) is 0.0691. The standard InChI is InChI=1S/C21H27N5O5/c1-21(2,3)31-20(29)23-16-12-25(4)24-18(16)26-11-15(10-17(26)27)22-19(28)30-13-14-8-6-5-7-9-14/h5-9,12,15H,10-11,13H2,1-4H3,(H,22,28)(H,23,29)/t15-/m0/s1. The van der Waals surface area contributed by atoms with E-state index in [2.05, 4.69) is 15.7 Å². The minimum atomic E-state index is -0.662. The Hall–Kier alpha value is -3.56. The molecule has 2 aromatic rings. The van der Waals surface area contributed by atoms with Crippen molar-refractivity contribution in [2.24, 2.45) is 7.05 Å². The summed E-state index contributed by atoms with van der Waals surface area (Å²) in [6.07, 6.45) is 0.439. The summed E-state index contributed by atoms with van der Waals surface area (Å²) >= 11 is 0. The zero-order valence-electron chi connectivity index (χ0n) is 18.0. The van der Waals surface area contributed by atoms with Gasteiger partial charge in [-0.3, -0.25) is 19.7 Å². The smallest absolute Gasteiger partial charge is 0.412 e. The summed E-state index contributed by atoms with van der Waals surface area (Å²) in [6, 6.07) is 8.88. The Morgan fingerprint density at radius 3 is 2.58 bits per heavy atom. The van der Waals surface area contributed by atoms with Gasteiger partial charge in [-0.05, 0) is 26.3 Å². The van der Waals surface area contributed by atoms with Crippen molar-refractivity contribution in [1.29, 1.82) is 0 Å². The van der Waals surface area contributed by atoms with Gasteiger partial charge in [-0.25, -0.2) is 9.59 Å². The van der Waals surface area contributed by atoms with Gasteiger partial charge in [0.15, 0.2) is 5.82 Å². The second kappa shape index (κ2) is 9.07. The van der Waals surface area contributed by atoms with Crippen LogP contribution in [0.15, 0.2) is 36.5 Å². The molecule has 166 valence electrons. The molecule has 0 aliphatic carbocycles. The summed E-state index contributed by atoms with van der Waals surface area (Å²) in [4.78, 5) is 38.2. The number of anilines is 2. The summed E-state index contributed by atoms with van der Waals surface area (Å²) in [7, 11) is 1.68. The third-order valence-corrected chi connectivity index (χ3v) is 4.36. The maximum Gasteiger partial charge on any atom is 0.412 e. The van der Waals surface area contributed by atoms with Crippen molar-refractivity contribution in [3.63, 3.8) is 0 Å². The minimum absolute atomic E-state index is 0.100. The van der Waals surface area contributed by atoms with Crippen LogP contribution in [-0.2, 0) is 27.9 Å². The van der Waals surface area contributed by atoms with Crippen LogP contribution in [0.1, 0.15) is 32.8 Å². The molecule has 1 fully saturated rings. The number of hydrogen-bond acceptors (Lipinski definition) is 6. The molecule has 0 unspecified atom stereocenters. The topological polar surface area (TPSA) is 115 Å². The van der Waals surface area contributed by atoms with Crippen molar-refractivity contribution in [1.82, 2.24) is 15.1 Å². The Balaban J connectivity index is 1.60. The predicted molar refractivity (Wildman–Crippen MR) is 114 cm³/mol. The molecule has 10 heteroatoms. The molecule has 0 saturated carbocycles. The highest BCUT2D eigenvalue weighted by atomic mass is 16.6. The fourth-order valence-corrected chi connectivity index (χ4v) is 3.12. The molecule has 2 heterocycles. The fourth-order valence-electron chi connectivity index (χ4n) is 3.12. The number of amides is 3. The van der Waals surface area contributed by atoms with Crippen LogP contribution in [0.3, 0.4) is 0 Å². The number of carbonyl (C=O) groups excluding carboxylic acids is 3. The van der Waals surface area contributed by atoms with E-state index < -0.39 is 23.8 Å². The van der Waals surface area contributed by atoms with Crippen molar-refractivity contribution in [2.75, 3.05) is 16.8 Å². The number of alkyl carbamates (subject to hydrolysis) is 1. The zero-order chi connectivity index (χ0) is 22.6. The van der Waals surface area contributed by atoms with E-state index in [1.54, 1.807) is 34.0 Å². The number of rotatable bonds is 5. The van der Waals surface area contributed by atoms with Crippen LogP contribution in [0.4, 0.5) is 21.1 Å². The van der Waals surface area contributed by atoms with Crippen LogP contribution in [0.5, 0.6) is 0 Å². The molecule has 3 amide bonds. The summed E-state index contributed by atoms with van der Waals surface area (Å²) in [5, 5.41) is 9.63. The number of nitrogens with zero attached hydrogens (tertiary/aromatic N) is 3. The van der Waals surface area contributed by atoms with Crippen molar-refractivity contribution in [2.45, 2.75) is 45.4 Å². The number of aryl methyl sites for hydroxylation is 1. The van der Waals surface area contributed by atoms with Gasteiger partial charge in [0.2, 0.25) is 5.91 Å². The Kier molecular flexibility index (Phi) is 6.47. The number of carbonyl (C=O) groups is 3. The van der Waals surface area contributed by atoms with Gasteiger partial charge < -0.3 is 14.8 Å². The van der Waals surface area contributed by atoms with E-state index in [0.29, 0.717) is 11.5 Å². The quantitative estimate of drug-likeness (QED) is 0.755. The lowest BCUT2D eigenvalue weighted by Crippen LogP contribution is -2.37. The second-order valence-corrected chi connectivity index (χ2v) is 8.28. The molecule has 3 rings (SSSR count). The molecular formula is C21H27N5O5. The van der Waals surface area contributed by atoms with E-state index in [0.717, 1.165) is 5.56 Å². The maximum absolute atomic E-state index is 12.6. The van der Waals surface area contributed by atoms with Crippen molar-refractivity contribution in [3.8, 4) is 0 Å². The van der Waals surface area contributed by atoms with Gasteiger partial charge >= 0.3 is 12.2 Å². The fraction of sp³-hybridized carbons (Fsp3) is 0.429. The van der Waals surface area contributed by atoms with Gasteiger partial charge in [-0.1, -0.05) is 30.3 Å². The van der Waals surface area contributed by atoms with E-state index in [-0.39, 0.29) is 25.5 Å². The minimum Gasteiger partial charge on any atom is -0.445 e. The molecule has 1 atom stereocenters. The van der Waals surface area contributed by atoms with E-state index in [9.17, 15) is 14.4 Å². The van der Waals surface area contributed by atoms with E-state index in [1.165, 1.54) is 9.58 Å². The van der Waals surface area contributed by atoms with Crippen LogP contribution in [0.25, 0.3) is 0 Å². The molecule has 0 bridgehead atoms. The first-order chi connectivity index (χ1) is 14.6. The first-order valence-corrected chi connectivity index (χ1v) is 9.92. The Morgan fingerprint density at radius 1 is 1.19 bits per heavy atom. The highest BCUT2D eigenvalue weighted by Gasteiger charge is 2.35. The number of hydrogen-bond donors (Lipinski definition) is 2. The Labute approximate surface area is 180 Å². The largest absolute Gasteiger partial charge is 0.445 e. The number of aromatic nitrogens is 2. The molecule has 0 radical (unpaired) electrons. The molecule has 31 heavy (non-hydrogen) atoms. The summed E-state index contributed by atoms with van der Waals surface area (Å²) in [5.41, 5.74) is 0.552. The monoisotopic (exact) mass is 429 g/mol. The van der Waals surface area contributed by atoms with Gasteiger partial charge in [0, 0.05) is 20.0 Å². The molecule has 1 aromatic carbocycles. The second-order valence-electron chi connectivity index (χ2n) is 8.28. The zero-order valence-corrected chi connectivity index (χ0v) is 18.0. The average molecular weight is 429 g/mol. The first kappa shape index (κ1) is 22.1. The number of ether oxygens (including phenoxy) is 2. The molecule has 2 N–H and O–H groups in total. The third-order valence-electron chi connectivity index (χ3n) is 4.36. The van der Waals surface area contributed by atoms with E-state index >= 15 is 0 Å². The summed E-state index contributed by atoms with van der Waals surface area (Å²) < 4.78 is 12.0. The maximum atomic E-state index is 12.6. The Morgan fingerprint density at radius 2 is 1.90 bits per heavy atom. The lowest BCUT2D eigenvalue weighted by molar-refractivity contribution is -0.117. The average Bonchev–Trinajstić information content (AvgIpc) is 3.20.